The number of halogens is 1. The van der Waals surface area contributed by atoms with Crippen LogP contribution in [0.5, 0.6) is 0 Å². The van der Waals surface area contributed by atoms with Crippen LogP contribution in [0.4, 0.5) is 0 Å². The van der Waals surface area contributed by atoms with Crippen LogP contribution in [-0.4, -0.2) is 20.5 Å². The Bertz CT molecular complexity index is 525. The standard InChI is InChI=1S/C12H17BrN2O2S/c13-10-4-3-5-11(8-10)18(16,17)15-12(9-14)6-1-2-7-12/h3-5,8,15H,1-2,6-7,9,14H2. The van der Waals surface area contributed by atoms with E-state index in [2.05, 4.69) is 20.7 Å². The van der Waals surface area contributed by atoms with E-state index in [0.29, 0.717) is 6.54 Å². The summed E-state index contributed by atoms with van der Waals surface area (Å²) in [6.45, 7) is 0.347. The number of benzene rings is 1. The maximum Gasteiger partial charge on any atom is 0.241 e. The van der Waals surface area contributed by atoms with Gasteiger partial charge >= 0.3 is 0 Å². The summed E-state index contributed by atoms with van der Waals surface area (Å²) in [6, 6.07) is 6.70. The Labute approximate surface area is 116 Å². The van der Waals surface area contributed by atoms with Gasteiger partial charge in [0.15, 0.2) is 0 Å². The zero-order chi connectivity index (χ0) is 13.2. The van der Waals surface area contributed by atoms with Crippen molar-refractivity contribution in [2.75, 3.05) is 6.54 Å². The summed E-state index contributed by atoms with van der Waals surface area (Å²) < 4.78 is 28.2. The van der Waals surface area contributed by atoms with Crippen LogP contribution in [-0.2, 0) is 10.0 Å². The highest BCUT2D eigenvalue weighted by Crippen LogP contribution is 2.30. The van der Waals surface area contributed by atoms with Gasteiger partial charge in [-0.3, -0.25) is 0 Å². The molecule has 0 amide bonds. The van der Waals surface area contributed by atoms with Crippen LogP contribution in [0.2, 0.25) is 0 Å². The van der Waals surface area contributed by atoms with Crippen molar-refractivity contribution in [3.8, 4) is 0 Å². The number of sulfonamides is 1. The molecule has 2 rings (SSSR count). The lowest BCUT2D eigenvalue weighted by molar-refractivity contribution is 0.399. The van der Waals surface area contributed by atoms with E-state index in [0.717, 1.165) is 30.2 Å². The molecule has 0 radical (unpaired) electrons. The molecule has 0 saturated heterocycles. The fourth-order valence-corrected chi connectivity index (χ4v) is 4.44. The number of nitrogens with one attached hydrogen (secondary N) is 1. The van der Waals surface area contributed by atoms with Gasteiger partial charge in [-0.05, 0) is 31.0 Å². The molecular formula is C12H17BrN2O2S. The van der Waals surface area contributed by atoms with Gasteiger partial charge in [-0.1, -0.05) is 34.8 Å². The molecule has 100 valence electrons. The molecule has 18 heavy (non-hydrogen) atoms. The smallest absolute Gasteiger partial charge is 0.241 e. The Kier molecular flexibility index (Phi) is 4.11. The van der Waals surface area contributed by atoms with Crippen LogP contribution in [0.15, 0.2) is 33.6 Å². The van der Waals surface area contributed by atoms with Gasteiger partial charge in [0.05, 0.1) is 4.90 Å². The number of rotatable bonds is 4. The summed E-state index contributed by atoms with van der Waals surface area (Å²) in [4.78, 5) is 0.275. The Hall–Kier alpha value is -0.430. The molecule has 0 heterocycles. The zero-order valence-corrected chi connectivity index (χ0v) is 12.4. The third-order valence-corrected chi connectivity index (χ3v) is 5.48. The van der Waals surface area contributed by atoms with Crippen LogP contribution in [0.25, 0.3) is 0 Å². The van der Waals surface area contributed by atoms with Crippen molar-refractivity contribution >= 4 is 26.0 Å². The lowest BCUT2D eigenvalue weighted by Gasteiger charge is -2.28. The molecule has 4 nitrogen and oxygen atoms in total. The van der Waals surface area contributed by atoms with Gasteiger partial charge in [0.25, 0.3) is 0 Å². The Morgan fingerprint density at radius 1 is 1.33 bits per heavy atom. The third kappa shape index (κ3) is 2.93. The monoisotopic (exact) mass is 332 g/mol. The first-order valence-electron chi connectivity index (χ1n) is 5.97. The summed E-state index contributed by atoms with van der Waals surface area (Å²) >= 11 is 3.28. The number of hydrogen-bond acceptors (Lipinski definition) is 3. The van der Waals surface area contributed by atoms with Gasteiger partial charge < -0.3 is 5.73 Å². The topological polar surface area (TPSA) is 72.2 Å². The minimum atomic E-state index is -3.50. The first kappa shape index (κ1) is 14.0. The number of hydrogen-bond donors (Lipinski definition) is 2. The summed E-state index contributed by atoms with van der Waals surface area (Å²) in [7, 11) is -3.50. The summed E-state index contributed by atoms with van der Waals surface area (Å²) in [5.41, 5.74) is 5.29. The molecule has 0 spiro atoms. The van der Waals surface area contributed by atoms with E-state index in [4.69, 9.17) is 5.73 Å². The molecular weight excluding hydrogens is 316 g/mol. The predicted molar refractivity (Wildman–Crippen MR) is 74.7 cm³/mol. The maximum atomic E-state index is 12.3. The molecule has 0 aliphatic heterocycles. The van der Waals surface area contributed by atoms with Crippen LogP contribution < -0.4 is 10.5 Å². The van der Waals surface area contributed by atoms with Gasteiger partial charge in [-0.15, -0.1) is 0 Å². The van der Waals surface area contributed by atoms with Gasteiger partial charge in [0, 0.05) is 16.6 Å². The van der Waals surface area contributed by atoms with Crippen molar-refractivity contribution in [2.24, 2.45) is 5.73 Å². The highest BCUT2D eigenvalue weighted by Gasteiger charge is 2.36. The average molecular weight is 333 g/mol. The highest BCUT2D eigenvalue weighted by atomic mass is 79.9. The Morgan fingerprint density at radius 3 is 2.56 bits per heavy atom. The van der Waals surface area contributed by atoms with Crippen LogP contribution in [0.1, 0.15) is 25.7 Å². The van der Waals surface area contributed by atoms with Crippen molar-refractivity contribution in [3.05, 3.63) is 28.7 Å². The first-order chi connectivity index (χ1) is 8.47. The van der Waals surface area contributed by atoms with Crippen LogP contribution >= 0.6 is 15.9 Å². The van der Waals surface area contributed by atoms with E-state index in [9.17, 15) is 8.42 Å². The van der Waals surface area contributed by atoms with E-state index >= 15 is 0 Å². The molecule has 1 aliphatic carbocycles. The van der Waals surface area contributed by atoms with E-state index in [1.165, 1.54) is 0 Å². The average Bonchev–Trinajstić information content (AvgIpc) is 2.77. The molecule has 0 unspecified atom stereocenters. The van der Waals surface area contributed by atoms with E-state index in [1.54, 1.807) is 24.3 Å². The lowest BCUT2D eigenvalue weighted by atomic mass is 10.0. The van der Waals surface area contributed by atoms with Crippen LogP contribution in [0, 0.1) is 0 Å². The van der Waals surface area contributed by atoms with Crippen molar-refractivity contribution < 1.29 is 8.42 Å². The molecule has 6 heteroatoms. The van der Waals surface area contributed by atoms with Gasteiger partial charge in [0.2, 0.25) is 10.0 Å². The Balaban J connectivity index is 2.27. The summed E-state index contributed by atoms with van der Waals surface area (Å²) in [6.07, 6.45) is 3.68. The Morgan fingerprint density at radius 2 is 2.00 bits per heavy atom. The molecule has 0 bridgehead atoms. The van der Waals surface area contributed by atoms with E-state index in [1.807, 2.05) is 0 Å². The third-order valence-electron chi connectivity index (χ3n) is 3.41. The minimum absolute atomic E-state index is 0.275. The molecule has 3 N–H and O–H groups in total. The second kappa shape index (κ2) is 5.28. The largest absolute Gasteiger partial charge is 0.329 e. The normalized spacial score (nSPS) is 19.0. The van der Waals surface area contributed by atoms with Crippen molar-refractivity contribution in [1.29, 1.82) is 0 Å². The molecule has 1 aliphatic rings. The second-order valence-corrected chi connectivity index (χ2v) is 7.35. The van der Waals surface area contributed by atoms with Crippen molar-refractivity contribution in [2.45, 2.75) is 36.1 Å². The van der Waals surface area contributed by atoms with Crippen LogP contribution in [0.3, 0.4) is 0 Å². The molecule has 0 atom stereocenters. The van der Waals surface area contributed by atoms with E-state index in [-0.39, 0.29) is 4.90 Å². The second-order valence-electron chi connectivity index (χ2n) is 4.75. The summed E-state index contributed by atoms with van der Waals surface area (Å²) in [5, 5.41) is 0. The molecule has 1 saturated carbocycles. The summed E-state index contributed by atoms with van der Waals surface area (Å²) in [5.74, 6) is 0. The SMILES string of the molecule is NCC1(NS(=O)(=O)c2cccc(Br)c2)CCCC1. The predicted octanol–water partition coefficient (Wildman–Crippen LogP) is 2.00. The fourth-order valence-electron chi connectivity index (χ4n) is 2.38. The minimum Gasteiger partial charge on any atom is -0.329 e. The molecule has 1 aromatic rings. The maximum absolute atomic E-state index is 12.3. The highest BCUT2D eigenvalue weighted by molar-refractivity contribution is 9.10. The fraction of sp³-hybridized carbons (Fsp3) is 0.500. The van der Waals surface area contributed by atoms with Gasteiger partial charge in [-0.2, -0.15) is 0 Å². The molecule has 1 fully saturated rings. The zero-order valence-electron chi connectivity index (χ0n) is 10.0. The van der Waals surface area contributed by atoms with Crippen molar-refractivity contribution in [3.63, 3.8) is 0 Å². The van der Waals surface area contributed by atoms with E-state index < -0.39 is 15.6 Å². The first-order valence-corrected chi connectivity index (χ1v) is 8.25. The van der Waals surface area contributed by atoms with Gasteiger partial charge in [-0.25, -0.2) is 13.1 Å². The van der Waals surface area contributed by atoms with Gasteiger partial charge in [0.1, 0.15) is 0 Å². The lowest BCUT2D eigenvalue weighted by Crippen LogP contribution is -2.51. The molecule has 0 aromatic heterocycles. The quantitative estimate of drug-likeness (QED) is 0.885. The number of nitrogens with two attached hydrogens (primary N) is 1. The van der Waals surface area contributed by atoms with Crippen molar-refractivity contribution in [1.82, 2.24) is 4.72 Å². The molecule has 1 aromatic carbocycles.